The Morgan fingerprint density at radius 2 is 2.31 bits per heavy atom. The lowest BCUT2D eigenvalue weighted by Crippen LogP contribution is -2.29. The Morgan fingerprint density at radius 1 is 1.56 bits per heavy atom. The van der Waals surface area contributed by atoms with Crippen LogP contribution in [0.2, 0.25) is 0 Å². The largest absolute Gasteiger partial charge is 0.349 e. The van der Waals surface area contributed by atoms with Crippen molar-refractivity contribution in [3.63, 3.8) is 0 Å². The highest BCUT2D eigenvalue weighted by Gasteiger charge is 2.24. The number of nitrogens with one attached hydrogen (secondary N) is 1. The van der Waals surface area contributed by atoms with Crippen molar-refractivity contribution in [1.82, 2.24) is 15.1 Å². The van der Waals surface area contributed by atoms with Crippen LogP contribution in [-0.4, -0.2) is 28.0 Å². The van der Waals surface area contributed by atoms with Crippen LogP contribution >= 0.6 is 0 Å². The number of carbonyl (C=O) groups is 2. The van der Waals surface area contributed by atoms with E-state index in [0.717, 1.165) is 12.8 Å². The minimum absolute atomic E-state index is 0.0280. The van der Waals surface area contributed by atoms with Gasteiger partial charge in [0.15, 0.2) is 5.78 Å². The molecule has 1 aromatic rings. The average Bonchev–Trinajstić information content (AvgIpc) is 2.95. The van der Waals surface area contributed by atoms with Crippen molar-refractivity contribution in [2.45, 2.75) is 19.3 Å². The van der Waals surface area contributed by atoms with Gasteiger partial charge in [0.2, 0.25) is 5.91 Å². The summed E-state index contributed by atoms with van der Waals surface area (Å²) in [6.45, 7) is 0.0667. The molecule has 1 N–H and O–H groups in total. The Bertz CT molecular complexity index is 407. The molecule has 1 amide bonds. The summed E-state index contributed by atoms with van der Waals surface area (Å²) in [5.41, 5.74) is 0.536. The van der Waals surface area contributed by atoms with Gasteiger partial charge in [0.05, 0.1) is 18.3 Å². The number of hydrogen-bond donors (Lipinski definition) is 1. The molecule has 1 aliphatic rings. The minimum Gasteiger partial charge on any atom is -0.349 e. The van der Waals surface area contributed by atoms with E-state index in [1.54, 1.807) is 17.9 Å². The summed E-state index contributed by atoms with van der Waals surface area (Å²) >= 11 is 0. The Morgan fingerprint density at radius 3 is 2.88 bits per heavy atom. The number of Topliss-reactive ketones (excluding diaryl/α,β-unsaturated/α-hetero) is 1. The molecule has 86 valence electrons. The third-order valence-electron chi connectivity index (χ3n) is 2.64. The Balaban J connectivity index is 1.76. The maximum atomic E-state index is 11.6. The number of carbonyl (C=O) groups excluding carboxylic acids is 2. The van der Waals surface area contributed by atoms with E-state index in [4.69, 9.17) is 0 Å². The Hall–Kier alpha value is -1.65. The van der Waals surface area contributed by atoms with Crippen LogP contribution in [0.25, 0.3) is 0 Å². The molecule has 0 atom stereocenters. The maximum absolute atomic E-state index is 11.6. The zero-order valence-electron chi connectivity index (χ0n) is 9.27. The summed E-state index contributed by atoms with van der Waals surface area (Å²) in [6, 6.07) is 0. The van der Waals surface area contributed by atoms with E-state index in [9.17, 15) is 9.59 Å². The van der Waals surface area contributed by atoms with Crippen molar-refractivity contribution in [1.29, 1.82) is 0 Å². The van der Waals surface area contributed by atoms with Gasteiger partial charge in [0.1, 0.15) is 0 Å². The second-order valence-corrected chi connectivity index (χ2v) is 4.25. The first kappa shape index (κ1) is 10.9. The van der Waals surface area contributed by atoms with Gasteiger partial charge in [-0.1, -0.05) is 0 Å². The van der Waals surface area contributed by atoms with Crippen LogP contribution in [0.4, 0.5) is 0 Å². The summed E-state index contributed by atoms with van der Waals surface area (Å²) in [4.78, 5) is 22.9. The van der Waals surface area contributed by atoms with Gasteiger partial charge < -0.3 is 5.32 Å². The van der Waals surface area contributed by atoms with Crippen molar-refractivity contribution in [3.8, 4) is 0 Å². The zero-order valence-corrected chi connectivity index (χ0v) is 9.27. The molecule has 0 aliphatic heterocycles. The van der Waals surface area contributed by atoms with Crippen LogP contribution in [-0.2, 0) is 11.8 Å². The monoisotopic (exact) mass is 221 g/mol. The molecule has 1 saturated carbocycles. The summed E-state index contributed by atoms with van der Waals surface area (Å²) in [7, 11) is 1.75. The summed E-state index contributed by atoms with van der Waals surface area (Å²) in [5, 5.41) is 6.54. The van der Waals surface area contributed by atoms with E-state index in [2.05, 4.69) is 10.4 Å². The van der Waals surface area contributed by atoms with E-state index < -0.39 is 0 Å². The first-order chi connectivity index (χ1) is 7.65. The third kappa shape index (κ3) is 2.92. The van der Waals surface area contributed by atoms with Crippen molar-refractivity contribution in [3.05, 3.63) is 18.0 Å². The van der Waals surface area contributed by atoms with Gasteiger partial charge in [0, 0.05) is 19.7 Å². The molecule has 5 nitrogen and oxygen atoms in total. The van der Waals surface area contributed by atoms with E-state index >= 15 is 0 Å². The molecule has 0 radical (unpaired) electrons. The second-order valence-electron chi connectivity index (χ2n) is 4.25. The average molecular weight is 221 g/mol. The topological polar surface area (TPSA) is 64.0 Å². The van der Waals surface area contributed by atoms with Crippen molar-refractivity contribution in [2.75, 3.05) is 6.54 Å². The lowest BCUT2D eigenvalue weighted by Gasteiger charge is -2.02. The number of ketones is 1. The first-order valence-corrected chi connectivity index (χ1v) is 5.43. The van der Waals surface area contributed by atoms with Gasteiger partial charge in [0.25, 0.3) is 0 Å². The molecule has 0 spiro atoms. The lowest BCUT2D eigenvalue weighted by atomic mass is 10.2. The SMILES string of the molecule is Cn1cc(C(=O)CNC(=O)CC2CC2)cn1. The Kier molecular flexibility index (Phi) is 3.03. The molecule has 1 heterocycles. The highest BCUT2D eigenvalue weighted by atomic mass is 16.2. The molecule has 2 rings (SSSR count). The van der Waals surface area contributed by atoms with Gasteiger partial charge in [-0.25, -0.2) is 0 Å². The smallest absolute Gasteiger partial charge is 0.220 e. The molecule has 1 aliphatic carbocycles. The van der Waals surface area contributed by atoms with Crippen LogP contribution < -0.4 is 5.32 Å². The fourth-order valence-electron chi connectivity index (χ4n) is 1.50. The molecular weight excluding hydrogens is 206 g/mol. The molecule has 0 saturated heterocycles. The van der Waals surface area contributed by atoms with Gasteiger partial charge in [-0.2, -0.15) is 5.10 Å². The predicted molar refractivity (Wildman–Crippen MR) is 57.9 cm³/mol. The van der Waals surface area contributed by atoms with E-state index in [0.29, 0.717) is 17.9 Å². The molecule has 5 heteroatoms. The molecule has 0 bridgehead atoms. The molecular formula is C11H15N3O2. The number of rotatable bonds is 5. The minimum atomic E-state index is -0.0998. The maximum Gasteiger partial charge on any atom is 0.220 e. The van der Waals surface area contributed by atoms with Crippen LogP contribution in [0.3, 0.4) is 0 Å². The van der Waals surface area contributed by atoms with Crippen LogP contribution in [0.15, 0.2) is 12.4 Å². The normalized spacial score (nSPS) is 14.8. The number of hydrogen-bond acceptors (Lipinski definition) is 3. The van der Waals surface area contributed by atoms with Crippen molar-refractivity contribution >= 4 is 11.7 Å². The molecule has 1 aromatic heterocycles. The fraction of sp³-hybridized carbons (Fsp3) is 0.545. The molecule has 0 unspecified atom stereocenters. The summed E-state index contributed by atoms with van der Waals surface area (Å²) in [6.07, 6.45) is 6.00. The van der Waals surface area contributed by atoms with Gasteiger partial charge in [-0.15, -0.1) is 0 Å². The highest BCUT2D eigenvalue weighted by molar-refractivity contribution is 5.98. The van der Waals surface area contributed by atoms with Crippen LogP contribution in [0.1, 0.15) is 29.6 Å². The third-order valence-corrected chi connectivity index (χ3v) is 2.64. The number of amides is 1. The zero-order chi connectivity index (χ0) is 11.5. The van der Waals surface area contributed by atoms with Crippen LogP contribution in [0.5, 0.6) is 0 Å². The summed E-state index contributed by atoms with van der Waals surface area (Å²) < 4.78 is 1.57. The van der Waals surface area contributed by atoms with E-state index in [1.807, 2.05) is 0 Å². The standard InChI is InChI=1S/C11H15N3O2/c1-14-7-9(5-13-14)10(15)6-12-11(16)4-8-2-3-8/h5,7-8H,2-4,6H2,1H3,(H,12,16). The van der Waals surface area contributed by atoms with E-state index in [1.165, 1.54) is 6.20 Å². The second kappa shape index (κ2) is 4.47. The van der Waals surface area contributed by atoms with Gasteiger partial charge in [-0.3, -0.25) is 14.3 Å². The number of nitrogens with zero attached hydrogens (tertiary/aromatic N) is 2. The van der Waals surface area contributed by atoms with E-state index in [-0.39, 0.29) is 18.2 Å². The van der Waals surface area contributed by atoms with Crippen molar-refractivity contribution < 1.29 is 9.59 Å². The fourth-order valence-corrected chi connectivity index (χ4v) is 1.50. The van der Waals surface area contributed by atoms with Crippen molar-refractivity contribution in [2.24, 2.45) is 13.0 Å². The van der Waals surface area contributed by atoms with Crippen LogP contribution in [0, 0.1) is 5.92 Å². The summed E-state index contributed by atoms with van der Waals surface area (Å²) in [5.74, 6) is 0.422. The lowest BCUT2D eigenvalue weighted by molar-refractivity contribution is -0.121. The van der Waals surface area contributed by atoms with Gasteiger partial charge in [-0.05, 0) is 18.8 Å². The number of aryl methyl sites for hydroxylation is 1. The highest BCUT2D eigenvalue weighted by Crippen LogP contribution is 2.31. The molecule has 1 fully saturated rings. The quantitative estimate of drug-likeness (QED) is 0.737. The molecule has 0 aromatic carbocycles. The Labute approximate surface area is 93.8 Å². The first-order valence-electron chi connectivity index (χ1n) is 5.43. The predicted octanol–water partition coefficient (Wildman–Crippen LogP) is 0.519. The number of aromatic nitrogens is 2. The van der Waals surface area contributed by atoms with Gasteiger partial charge >= 0.3 is 0 Å². The molecule has 16 heavy (non-hydrogen) atoms.